The lowest BCUT2D eigenvalue weighted by atomic mass is 10.1. The van der Waals surface area contributed by atoms with E-state index in [0.29, 0.717) is 13.1 Å². The van der Waals surface area contributed by atoms with E-state index in [1.54, 1.807) is 23.0 Å². The van der Waals surface area contributed by atoms with Gasteiger partial charge in [-0.25, -0.2) is 8.42 Å². The van der Waals surface area contributed by atoms with Gasteiger partial charge in [0.25, 0.3) is 5.91 Å². The van der Waals surface area contributed by atoms with Gasteiger partial charge in [0.15, 0.2) is 9.84 Å². The fourth-order valence-electron chi connectivity index (χ4n) is 2.70. The number of sulfone groups is 1. The van der Waals surface area contributed by atoms with Gasteiger partial charge in [-0.2, -0.15) is 5.10 Å². The molecule has 0 saturated heterocycles. The first-order chi connectivity index (χ1) is 12.4. The van der Waals surface area contributed by atoms with Crippen LogP contribution in [0.1, 0.15) is 21.5 Å². The lowest BCUT2D eigenvalue weighted by molar-refractivity contribution is 0.0947. The topological polar surface area (TPSA) is 81.1 Å². The highest BCUT2D eigenvalue weighted by molar-refractivity contribution is 7.90. The Kier molecular flexibility index (Phi) is 5.18. The summed E-state index contributed by atoms with van der Waals surface area (Å²) in [6, 6.07) is 15.8. The van der Waals surface area contributed by atoms with Crippen molar-refractivity contribution in [2.24, 2.45) is 0 Å². The molecule has 0 aliphatic heterocycles. The summed E-state index contributed by atoms with van der Waals surface area (Å²) in [7, 11) is -3.48. The van der Waals surface area contributed by atoms with Gasteiger partial charge in [0.1, 0.15) is 0 Å². The Morgan fingerprint density at radius 2 is 1.73 bits per heavy atom. The average Bonchev–Trinajstić information content (AvgIpc) is 3.13. The number of carbonyl (C=O) groups excluding carboxylic acids is 1. The Morgan fingerprint density at radius 3 is 2.42 bits per heavy atom. The van der Waals surface area contributed by atoms with Crippen LogP contribution in [-0.4, -0.2) is 30.4 Å². The van der Waals surface area contributed by atoms with Gasteiger partial charge in [0.05, 0.1) is 17.0 Å². The summed E-state index contributed by atoms with van der Waals surface area (Å²) in [5.41, 5.74) is 2.14. The largest absolute Gasteiger partial charge is 0.348 e. The van der Waals surface area contributed by atoms with Crippen molar-refractivity contribution < 1.29 is 13.2 Å². The van der Waals surface area contributed by atoms with Crippen LogP contribution in [0, 0.1) is 0 Å². The molecule has 0 saturated carbocycles. The first-order valence-corrected chi connectivity index (χ1v) is 9.96. The summed E-state index contributed by atoms with van der Waals surface area (Å²) in [4.78, 5) is 12.6. The van der Waals surface area contributed by atoms with Crippen LogP contribution in [0.2, 0.25) is 0 Å². The second-order valence-corrected chi connectivity index (χ2v) is 7.91. The molecule has 3 rings (SSSR count). The van der Waals surface area contributed by atoms with Gasteiger partial charge < -0.3 is 5.32 Å². The maximum absolute atomic E-state index is 12.5. The molecule has 1 N–H and O–H groups in total. The number of aromatic nitrogens is 2. The smallest absolute Gasteiger partial charge is 0.252 e. The number of rotatable bonds is 6. The highest BCUT2D eigenvalue weighted by Crippen LogP contribution is 2.16. The van der Waals surface area contributed by atoms with Gasteiger partial charge in [-0.3, -0.25) is 9.48 Å². The number of carbonyl (C=O) groups is 1. The Hall–Kier alpha value is -2.93. The van der Waals surface area contributed by atoms with Gasteiger partial charge in [-0.15, -0.1) is 0 Å². The second kappa shape index (κ2) is 7.53. The Labute approximate surface area is 152 Å². The molecular weight excluding hydrogens is 350 g/mol. The van der Waals surface area contributed by atoms with Crippen LogP contribution in [0.5, 0.6) is 0 Å². The van der Waals surface area contributed by atoms with E-state index >= 15 is 0 Å². The van der Waals surface area contributed by atoms with Crippen LogP contribution in [0.25, 0.3) is 0 Å². The van der Waals surface area contributed by atoms with Crippen LogP contribution >= 0.6 is 0 Å². The van der Waals surface area contributed by atoms with Gasteiger partial charge in [-0.1, -0.05) is 36.4 Å². The Morgan fingerprint density at radius 1 is 1.04 bits per heavy atom. The zero-order chi connectivity index (χ0) is 18.6. The van der Waals surface area contributed by atoms with E-state index in [1.807, 2.05) is 36.5 Å². The van der Waals surface area contributed by atoms with E-state index in [4.69, 9.17) is 0 Å². The molecule has 1 amide bonds. The molecule has 0 fully saturated rings. The number of benzene rings is 2. The summed E-state index contributed by atoms with van der Waals surface area (Å²) in [5.74, 6) is -0.417. The fraction of sp³-hybridized carbons (Fsp3) is 0.158. The van der Waals surface area contributed by atoms with Gasteiger partial charge in [-0.05, 0) is 29.3 Å². The van der Waals surface area contributed by atoms with Crippen LogP contribution in [0.15, 0.2) is 71.9 Å². The standard InChI is InChI=1S/C19H19N3O3S/c1-26(24,25)18-10-5-4-9-17(18)19(23)20-13-15-7-2-3-8-16(15)14-22-12-6-11-21-22/h2-12H,13-14H2,1H3,(H,20,23). The minimum atomic E-state index is -3.48. The van der Waals surface area contributed by atoms with Crippen LogP contribution < -0.4 is 5.32 Å². The molecule has 0 radical (unpaired) electrons. The van der Waals surface area contributed by atoms with E-state index in [9.17, 15) is 13.2 Å². The molecule has 0 aliphatic rings. The molecule has 134 valence electrons. The highest BCUT2D eigenvalue weighted by Gasteiger charge is 2.18. The normalized spacial score (nSPS) is 11.3. The van der Waals surface area contributed by atoms with Crippen molar-refractivity contribution in [3.05, 3.63) is 83.7 Å². The minimum Gasteiger partial charge on any atom is -0.348 e. The van der Waals surface area contributed by atoms with Crippen molar-refractivity contribution in [3.63, 3.8) is 0 Å². The van der Waals surface area contributed by atoms with Gasteiger partial charge >= 0.3 is 0 Å². The molecule has 0 spiro atoms. The molecule has 0 aliphatic carbocycles. The lowest BCUT2D eigenvalue weighted by Gasteiger charge is -2.12. The summed E-state index contributed by atoms with van der Waals surface area (Å²) >= 11 is 0. The number of hydrogen-bond donors (Lipinski definition) is 1. The Balaban J connectivity index is 1.77. The second-order valence-electron chi connectivity index (χ2n) is 5.92. The zero-order valence-corrected chi connectivity index (χ0v) is 15.1. The highest BCUT2D eigenvalue weighted by atomic mass is 32.2. The van der Waals surface area contributed by atoms with Crippen molar-refractivity contribution in [1.29, 1.82) is 0 Å². The molecule has 0 bridgehead atoms. The Bertz CT molecular complexity index is 1010. The van der Waals surface area contributed by atoms with E-state index in [2.05, 4.69) is 10.4 Å². The first kappa shape index (κ1) is 17.9. The fourth-order valence-corrected chi connectivity index (χ4v) is 3.59. The monoisotopic (exact) mass is 369 g/mol. The molecule has 3 aromatic rings. The van der Waals surface area contributed by atoms with Gasteiger partial charge in [0.2, 0.25) is 0 Å². The van der Waals surface area contributed by atoms with E-state index in [0.717, 1.165) is 17.4 Å². The quantitative estimate of drug-likeness (QED) is 0.723. The number of amides is 1. The maximum atomic E-state index is 12.5. The van der Waals surface area contributed by atoms with Crippen molar-refractivity contribution in [3.8, 4) is 0 Å². The number of hydrogen-bond acceptors (Lipinski definition) is 4. The molecule has 26 heavy (non-hydrogen) atoms. The maximum Gasteiger partial charge on any atom is 0.252 e. The van der Waals surface area contributed by atoms with Crippen LogP contribution in [0.4, 0.5) is 0 Å². The summed E-state index contributed by atoms with van der Waals surface area (Å²) in [6.07, 6.45) is 4.68. The van der Waals surface area contributed by atoms with Gasteiger partial charge in [0, 0.05) is 25.2 Å². The number of nitrogens with zero attached hydrogens (tertiary/aromatic N) is 2. The summed E-state index contributed by atoms with van der Waals surface area (Å²) in [5, 5.41) is 7.01. The molecule has 0 unspecified atom stereocenters. The van der Waals surface area contributed by atoms with Crippen LogP contribution in [-0.2, 0) is 22.9 Å². The average molecular weight is 369 g/mol. The van der Waals surface area contributed by atoms with Crippen molar-refractivity contribution in [2.75, 3.05) is 6.26 Å². The molecule has 7 heteroatoms. The third kappa shape index (κ3) is 4.18. The molecule has 2 aromatic carbocycles. The molecular formula is C19H19N3O3S. The predicted octanol–water partition coefficient (Wildman–Crippen LogP) is 2.26. The van der Waals surface area contributed by atoms with Crippen molar-refractivity contribution in [1.82, 2.24) is 15.1 Å². The summed E-state index contributed by atoms with van der Waals surface area (Å²) in [6.45, 7) is 0.896. The van der Waals surface area contributed by atoms with E-state index < -0.39 is 15.7 Å². The minimum absolute atomic E-state index is 0.0299. The first-order valence-electron chi connectivity index (χ1n) is 8.06. The molecule has 1 aromatic heterocycles. The SMILES string of the molecule is CS(=O)(=O)c1ccccc1C(=O)NCc1ccccc1Cn1cccn1. The molecule has 1 heterocycles. The van der Waals surface area contributed by atoms with E-state index in [-0.39, 0.29) is 10.5 Å². The third-order valence-corrected chi connectivity index (χ3v) is 5.14. The third-order valence-electron chi connectivity index (χ3n) is 3.98. The predicted molar refractivity (Wildman–Crippen MR) is 98.5 cm³/mol. The molecule has 6 nitrogen and oxygen atoms in total. The van der Waals surface area contributed by atoms with E-state index in [1.165, 1.54) is 12.1 Å². The lowest BCUT2D eigenvalue weighted by Crippen LogP contribution is -2.25. The van der Waals surface area contributed by atoms with Crippen molar-refractivity contribution >= 4 is 15.7 Å². The number of nitrogens with one attached hydrogen (secondary N) is 1. The van der Waals surface area contributed by atoms with Crippen molar-refractivity contribution in [2.45, 2.75) is 18.0 Å². The molecule has 0 atom stereocenters. The zero-order valence-electron chi connectivity index (χ0n) is 14.3. The van der Waals surface area contributed by atoms with Crippen LogP contribution in [0.3, 0.4) is 0 Å². The summed E-state index contributed by atoms with van der Waals surface area (Å²) < 4.78 is 25.6.